The van der Waals surface area contributed by atoms with Gasteiger partial charge in [0.05, 0.1) is 0 Å². The molecule has 0 aromatic carbocycles. The van der Waals surface area contributed by atoms with Gasteiger partial charge in [0, 0.05) is 19.5 Å². The molecule has 0 spiro atoms. The number of piperidine rings is 1. The van der Waals surface area contributed by atoms with Gasteiger partial charge in [-0.05, 0) is 59.8 Å². The molecule has 1 saturated heterocycles. The maximum absolute atomic E-state index is 12.2. The lowest BCUT2D eigenvalue weighted by Gasteiger charge is -2.37. The van der Waals surface area contributed by atoms with Crippen molar-refractivity contribution in [3.05, 3.63) is 12.7 Å². The Morgan fingerprint density at radius 3 is 2.17 bits per heavy atom. The van der Waals surface area contributed by atoms with Gasteiger partial charge in [-0.3, -0.25) is 4.79 Å². The first-order valence-electron chi connectivity index (χ1n) is 8.23. The molecule has 1 fully saturated rings. The molecule has 2 atom stereocenters. The summed E-state index contributed by atoms with van der Waals surface area (Å²) in [5.41, 5.74) is -0.980. The molecule has 0 saturated carbocycles. The van der Waals surface area contributed by atoms with Gasteiger partial charge in [0.1, 0.15) is 11.2 Å². The minimum Gasteiger partial charge on any atom is -0.460 e. The average molecular weight is 325 g/mol. The molecule has 1 aliphatic heterocycles. The van der Waals surface area contributed by atoms with Crippen LogP contribution in [-0.4, -0.2) is 41.3 Å². The summed E-state index contributed by atoms with van der Waals surface area (Å²) in [6.45, 7) is 16.1. The van der Waals surface area contributed by atoms with E-state index in [1.54, 1.807) is 4.90 Å². The van der Waals surface area contributed by atoms with Gasteiger partial charge in [-0.25, -0.2) is 4.79 Å². The normalized spacial score (nSPS) is 22.4. The monoisotopic (exact) mass is 325 g/mol. The van der Waals surface area contributed by atoms with E-state index in [1.165, 1.54) is 0 Å². The molecule has 5 nitrogen and oxygen atoms in total. The van der Waals surface area contributed by atoms with Gasteiger partial charge >= 0.3 is 12.1 Å². The van der Waals surface area contributed by atoms with Gasteiger partial charge < -0.3 is 14.4 Å². The molecule has 0 bridgehead atoms. The zero-order chi connectivity index (χ0) is 17.8. The quantitative estimate of drug-likeness (QED) is 0.585. The van der Waals surface area contributed by atoms with E-state index in [9.17, 15) is 9.59 Å². The lowest BCUT2D eigenvalue weighted by molar-refractivity contribution is -0.156. The summed E-state index contributed by atoms with van der Waals surface area (Å²) in [5.74, 6) is 0.0323. The Bertz CT molecular complexity index is 445. The van der Waals surface area contributed by atoms with Crippen molar-refractivity contribution in [1.29, 1.82) is 0 Å². The fourth-order valence-electron chi connectivity index (χ4n) is 2.64. The minimum absolute atomic E-state index is 0.0730. The van der Waals surface area contributed by atoms with Crippen molar-refractivity contribution in [1.82, 2.24) is 4.90 Å². The fourth-order valence-corrected chi connectivity index (χ4v) is 2.64. The average Bonchev–Trinajstić information content (AvgIpc) is 2.34. The third-order valence-corrected chi connectivity index (χ3v) is 3.61. The predicted molar refractivity (Wildman–Crippen MR) is 90.1 cm³/mol. The Labute approximate surface area is 140 Å². The molecule has 1 amide bonds. The second-order valence-corrected chi connectivity index (χ2v) is 8.17. The Kier molecular flexibility index (Phi) is 6.25. The number of nitrogens with zero attached hydrogens (tertiary/aromatic N) is 1. The number of carbonyl (C=O) groups excluding carboxylic acids is 2. The molecular weight excluding hydrogens is 294 g/mol. The van der Waals surface area contributed by atoms with E-state index in [0.29, 0.717) is 19.5 Å². The number of ether oxygens (including phenoxy) is 2. The first kappa shape index (κ1) is 19.5. The molecule has 0 N–H and O–H groups in total. The highest BCUT2D eigenvalue weighted by Crippen LogP contribution is 2.29. The first-order valence-corrected chi connectivity index (χ1v) is 8.23. The van der Waals surface area contributed by atoms with Crippen LogP contribution >= 0.6 is 0 Å². The van der Waals surface area contributed by atoms with Gasteiger partial charge in [-0.1, -0.05) is 6.08 Å². The molecule has 0 aliphatic carbocycles. The molecular formula is C18H31NO4. The van der Waals surface area contributed by atoms with Gasteiger partial charge in [0.25, 0.3) is 0 Å². The van der Waals surface area contributed by atoms with Crippen LogP contribution in [-0.2, 0) is 14.3 Å². The summed E-state index contributed by atoms with van der Waals surface area (Å²) in [6, 6.07) is 0. The summed E-state index contributed by atoms with van der Waals surface area (Å²) in [4.78, 5) is 25.9. The van der Waals surface area contributed by atoms with Crippen molar-refractivity contribution in [3.8, 4) is 0 Å². The maximum atomic E-state index is 12.2. The smallest absolute Gasteiger partial charge is 0.410 e. The number of esters is 1. The fraction of sp³-hybridized carbons (Fsp3) is 0.778. The predicted octanol–water partition coefficient (Wildman–Crippen LogP) is 3.78. The topological polar surface area (TPSA) is 55.8 Å². The maximum Gasteiger partial charge on any atom is 0.410 e. The lowest BCUT2D eigenvalue weighted by Crippen LogP contribution is -2.46. The number of amides is 1. The molecule has 23 heavy (non-hydrogen) atoms. The number of carbonyl (C=O) groups is 2. The molecule has 1 heterocycles. The number of hydrogen-bond acceptors (Lipinski definition) is 4. The van der Waals surface area contributed by atoms with E-state index in [0.717, 1.165) is 6.42 Å². The van der Waals surface area contributed by atoms with Crippen LogP contribution in [0.2, 0.25) is 0 Å². The highest BCUT2D eigenvalue weighted by atomic mass is 16.6. The van der Waals surface area contributed by atoms with E-state index in [-0.39, 0.29) is 23.9 Å². The molecule has 132 valence electrons. The number of rotatable bonds is 3. The van der Waals surface area contributed by atoms with E-state index in [4.69, 9.17) is 9.47 Å². The molecule has 1 rings (SSSR count). The zero-order valence-corrected chi connectivity index (χ0v) is 15.3. The summed E-state index contributed by atoms with van der Waals surface area (Å²) >= 11 is 0. The van der Waals surface area contributed by atoms with Crippen LogP contribution in [0, 0.1) is 11.8 Å². The van der Waals surface area contributed by atoms with Crippen molar-refractivity contribution in [2.24, 2.45) is 11.8 Å². The number of hydrogen-bond donors (Lipinski definition) is 0. The van der Waals surface area contributed by atoms with Crippen molar-refractivity contribution in [3.63, 3.8) is 0 Å². The van der Waals surface area contributed by atoms with E-state index in [1.807, 2.05) is 47.6 Å². The Hall–Kier alpha value is -1.52. The van der Waals surface area contributed by atoms with Crippen LogP contribution in [0.3, 0.4) is 0 Å². The Balaban J connectivity index is 2.61. The molecule has 0 radical (unpaired) electrons. The second kappa shape index (κ2) is 7.37. The van der Waals surface area contributed by atoms with Crippen LogP contribution in [0.1, 0.15) is 54.4 Å². The van der Waals surface area contributed by atoms with Crippen molar-refractivity contribution in [2.45, 2.75) is 65.6 Å². The number of likely N-dealkylation sites (tertiary alicyclic amines) is 1. The van der Waals surface area contributed by atoms with Crippen molar-refractivity contribution >= 4 is 12.1 Å². The highest BCUT2D eigenvalue weighted by molar-refractivity contribution is 5.71. The van der Waals surface area contributed by atoms with E-state index in [2.05, 4.69) is 6.58 Å². The standard InChI is InChI=1S/C18H31NO4/c1-8-13-12-19(16(21)23-18(5,6)7)10-9-14(13)11-15(20)22-17(2,3)4/h8,13-14H,1,9-12H2,2-7H3/t13-,14-/m0/s1. The van der Waals surface area contributed by atoms with Gasteiger partial charge in [0.15, 0.2) is 0 Å². The summed E-state index contributed by atoms with van der Waals surface area (Å²) in [6.07, 6.45) is 2.62. The van der Waals surface area contributed by atoms with Gasteiger partial charge in [0.2, 0.25) is 0 Å². The van der Waals surface area contributed by atoms with Crippen molar-refractivity contribution in [2.75, 3.05) is 13.1 Å². The van der Waals surface area contributed by atoms with E-state index < -0.39 is 11.2 Å². The largest absolute Gasteiger partial charge is 0.460 e. The zero-order valence-electron chi connectivity index (χ0n) is 15.3. The van der Waals surface area contributed by atoms with Crippen molar-refractivity contribution < 1.29 is 19.1 Å². The van der Waals surface area contributed by atoms with Gasteiger partial charge in [-0.15, -0.1) is 6.58 Å². The summed E-state index contributed by atoms with van der Waals surface area (Å²) < 4.78 is 10.8. The summed E-state index contributed by atoms with van der Waals surface area (Å²) in [7, 11) is 0. The minimum atomic E-state index is -0.506. The highest BCUT2D eigenvalue weighted by Gasteiger charge is 2.34. The molecule has 0 unspecified atom stereocenters. The molecule has 0 aromatic heterocycles. The molecule has 5 heteroatoms. The van der Waals surface area contributed by atoms with Crippen LogP contribution in [0.5, 0.6) is 0 Å². The third-order valence-electron chi connectivity index (χ3n) is 3.61. The SMILES string of the molecule is C=C[C@H]1CN(C(=O)OC(C)(C)C)CC[C@H]1CC(=O)OC(C)(C)C. The van der Waals surface area contributed by atoms with Crippen LogP contribution in [0.15, 0.2) is 12.7 Å². The van der Waals surface area contributed by atoms with Crippen LogP contribution in [0.4, 0.5) is 4.79 Å². The Morgan fingerprint density at radius 2 is 1.70 bits per heavy atom. The Morgan fingerprint density at radius 1 is 1.13 bits per heavy atom. The summed E-state index contributed by atoms with van der Waals surface area (Å²) in [5, 5.41) is 0. The molecule has 1 aliphatic rings. The van der Waals surface area contributed by atoms with Crippen LogP contribution < -0.4 is 0 Å². The third kappa shape index (κ3) is 7.06. The molecule has 0 aromatic rings. The lowest BCUT2D eigenvalue weighted by atomic mass is 9.83. The van der Waals surface area contributed by atoms with Crippen LogP contribution in [0.25, 0.3) is 0 Å². The van der Waals surface area contributed by atoms with E-state index >= 15 is 0 Å². The second-order valence-electron chi connectivity index (χ2n) is 8.17. The van der Waals surface area contributed by atoms with Gasteiger partial charge in [-0.2, -0.15) is 0 Å². The first-order chi connectivity index (χ1) is 10.4.